The van der Waals surface area contributed by atoms with E-state index in [0.29, 0.717) is 17.8 Å². The molecule has 11 heteroatoms. The number of aliphatic hydroxyl groups is 1. The number of rotatable bonds is 4. The number of hydrogen-bond acceptors (Lipinski definition) is 4. The molecule has 1 heterocycles. The van der Waals surface area contributed by atoms with Crippen LogP contribution in [-0.2, 0) is 10.3 Å². The molecule has 0 spiro atoms. The van der Waals surface area contributed by atoms with Gasteiger partial charge in [0.2, 0.25) is 0 Å². The van der Waals surface area contributed by atoms with Gasteiger partial charge in [0, 0.05) is 11.3 Å². The van der Waals surface area contributed by atoms with Crippen LogP contribution in [0.4, 0.5) is 26.3 Å². The Morgan fingerprint density at radius 3 is 2.07 bits per heavy atom. The molecule has 27 heavy (non-hydrogen) atoms. The SMILES string of the molecule is CCOC(=O)c1cc(C)n(-c2ccc(C(O)(C(F)(F)F)C(F)(F)F)cc2)n1. The van der Waals surface area contributed by atoms with Gasteiger partial charge in [-0.05, 0) is 32.0 Å². The van der Waals surface area contributed by atoms with Crippen LogP contribution in [0.3, 0.4) is 0 Å². The van der Waals surface area contributed by atoms with Crippen LogP contribution in [-0.4, -0.2) is 39.8 Å². The molecule has 1 aromatic heterocycles. The zero-order valence-electron chi connectivity index (χ0n) is 14.0. The standard InChI is InChI=1S/C16H14F6N2O3/c1-3-27-13(25)12-8-9(2)24(23-12)11-6-4-10(5-7-11)14(26,15(17,18)19)16(20,21)22/h4-8,26H,3H2,1-2H3. The molecule has 0 unspecified atom stereocenters. The van der Waals surface area contributed by atoms with E-state index in [4.69, 9.17) is 4.74 Å². The third kappa shape index (κ3) is 3.64. The van der Waals surface area contributed by atoms with Crippen molar-refractivity contribution in [2.24, 2.45) is 0 Å². The number of aromatic nitrogens is 2. The fourth-order valence-electron chi connectivity index (χ4n) is 2.37. The number of ether oxygens (including phenoxy) is 1. The van der Waals surface area contributed by atoms with E-state index >= 15 is 0 Å². The number of benzene rings is 1. The Balaban J connectivity index is 2.45. The van der Waals surface area contributed by atoms with Crippen LogP contribution >= 0.6 is 0 Å². The minimum absolute atomic E-state index is 0.0690. The lowest BCUT2D eigenvalue weighted by Gasteiger charge is -2.32. The second kappa shape index (κ2) is 6.87. The molecule has 0 bridgehead atoms. The summed E-state index contributed by atoms with van der Waals surface area (Å²) >= 11 is 0. The van der Waals surface area contributed by atoms with Gasteiger partial charge in [0.1, 0.15) is 0 Å². The van der Waals surface area contributed by atoms with Crippen LogP contribution in [0.15, 0.2) is 30.3 Å². The first-order valence-corrected chi connectivity index (χ1v) is 7.53. The monoisotopic (exact) mass is 396 g/mol. The Kier molecular flexibility index (Phi) is 5.28. The molecule has 1 N–H and O–H groups in total. The number of alkyl halides is 6. The quantitative estimate of drug-likeness (QED) is 0.633. The summed E-state index contributed by atoms with van der Waals surface area (Å²) in [6, 6.07) is 4.20. The molecule has 2 rings (SSSR count). The topological polar surface area (TPSA) is 64.3 Å². The average Bonchev–Trinajstić information content (AvgIpc) is 2.94. The van der Waals surface area contributed by atoms with Gasteiger partial charge in [-0.2, -0.15) is 31.4 Å². The molecule has 0 amide bonds. The van der Waals surface area contributed by atoms with E-state index in [1.165, 1.54) is 13.0 Å². The first-order chi connectivity index (χ1) is 12.3. The Bertz CT molecular complexity index is 810. The Morgan fingerprint density at radius 1 is 1.11 bits per heavy atom. The van der Waals surface area contributed by atoms with Crippen molar-refractivity contribution in [1.29, 1.82) is 0 Å². The summed E-state index contributed by atoms with van der Waals surface area (Å²) in [5, 5.41) is 13.3. The van der Waals surface area contributed by atoms with E-state index in [0.717, 1.165) is 16.8 Å². The summed E-state index contributed by atoms with van der Waals surface area (Å²) in [7, 11) is 0. The van der Waals surface area contributed by atoms with Crippen LogP contribution in [0, 0.1) is 6.92 Å². The third-order valence-corrected chi connectivity index (χ3v) is 3.72. The van der Waals surface area contributed by atoms with Crippen molar-refractivity contribution in [3.8, 4) is 5.69 Å². The summed E-state index contributed by atoms with van der Waals surface area (Å²) in [5.74, 6) is -0.723. The molecule has 0 aliphatic heterocycles. The maximum absolute atomic E-state index is 12.9. The summed E-state index contributed by atoms with van der Waals surface area (Å²) in [6.07, 6.45) is -11.9. The zero-order chi connectivity index (χ0) is 20.6. The average molecular weight is 396 g/mol. The van der Waals surface area contributed by atoms with Gasteiger partial charge in [0.15, 0.2) is 5.69 Å². The Morgan fingerprint density at radius 2 is 1.63 bits per heavy atom. The van der Waals surface area contributed by atoms with Gasteiger partial charge in [0.25, 0.3) is 5.60 Å². The lowest BCUT2D eigenvalue weighted by atomic mass is 9.92. The Hall–Kier alpha value is -2.56. The molecule has 0 aliphatic rings. The highest BCUT2D eigenvalue weighted by molar-refractivity contribution is 5.87. The van der Waals surface area contributed by atoms with Gasteiger partial charge in [-0.1, -0.05) is 12.1 Å². The molecule has 0 saturated carbocycles. The van der Waals surface area contributed by atoms with Crippen LogP contribution in [0.2, 0.25) is 0 Å². The van der Waals surface area contributed by atoms with Gasteiger partial charge in [-0.25, -0.2) is 9.48 Å². The number of carbonyl (C=O) groups excluding carboxylic acids is 1. The second-order valence-corrected chi connectivity index (χ2v) is 5.56. The van der Waals surface area contributed by atoms with Gasteiger partial charge >= 0.3 is 18.3 Å². The molecular formula is C16H14F6N2O3. The van der Waals surface area contributed by atoms with Crippen molar-refractivity contribution in [2.45, 2.75) is 31.8 Å². The van der Waals surface area contributed by atoms with Crippen LogP contribution in [0.25, 0.3) is 5.69 Å². The van der Waals surface area contributed by atoms with Crippen molar-refractivity contribution in [3.63, 3.8) is 0 Å². The smallest absolute Gasteiger partial charge is 0.430 e. The van der Waals surface area contributed by atoms with Gasteiger partial charge in [-0.3, -0.25) is 0 Å². The number of carbonyl (C=O) groups is 1. The second-order valence-electron chi connectivity index (χ2n) is 5.56. The molecule has 2 aromatic rings. The van der Waals surface area contributed by atoms with Gasteiger partial charge < -0.3 is 9.84 Å². The van der Waals surface area contributed by atoms with Gasteiger partial charge in [0.05, 0.1) is 12.3 Å². The predicted octanol–water partition coefficient (Wildman–Crippen LogP) is 3.67. The van der Waals surface area contributed by atoms with Crippen molar-refractivity contribution >= 4 is 5.97 Å². The number of esters is 1. The number of aryl methyl sites for hydroxylation is 1. The lowest BCUT2D eigenvalue weighted by Crippen LogP contribution is -2.53. The molecule has 0 fully saturated rings. The van der Waals surface area contributed by atoms with E-state index in [-0.39, 0.29) is 18.0 Å². The molecular weight excluding hydrogens is 382 g/mol. The van der Waals surface area contributed by atoms with E-state index in [9.17, 15) is 36.2 Å². The van der Waals surface area contributed by atoms with E-state index in [1.807, 2.05) is 0 Å². The highest BCUT2D eigenvalue weighted by Gasteiger charge is 2.71. The van der Waals surface area contributed by atoms with E-state index < -0.39 is 29.5 Å². The van der Waals surface area contributed by atoms with Crippen molar-refractivity contribution in [3.05, 3.63) is 47.3 Å². The van der Waals surface area contributed by atoms with Crippen LogP contribution in [0.1, 0.15) is 28.7 Å². The highest BCUT2D eigenvalue weighted by Crippen LogP contribution is 2.50. The van der Waals surface area contributed by atoms with Crippen molar-refractivity contribution in [1.82, 2.24) is 9.78 Å². The molecule has 5 nitrogen and oxygen atoms in total. The predicted molar refractivity (Wildman–Crippen MR) is 80.3 cm³/mol. The number of nitrogens with zero attached hydrogens (tertiary/aromatic N) is 2. The first-order valence-electron chi connectivity index (χ1n) is 7.53. The largest absolute Gasteiger partial charge is 0.461 e. The van der Waals surface area contributed by atoms with Crippen LogP contribution in [0.5, 0.6) is 0 Å². The number of halogens is 6. The highest BCUT2D eigenvalue weighted by atomic mass is 19.4. The normalized spacial score (nSPS) is 12.9. The Labute approximate surface area is 149 Å². The molecule has 0 saturated heterocycles. The molecule has 1 aromatic carbocycles. The van der Waals surface area contributed by atoms with Crippen molar-refractivity contribution < 1.29 is 41.0 Å². The van der Waals surface area contributed by atoms with Gasteiger partial charge in [-0.15, -0.1) is 0 Å². The van der Waals surface area contributed by atoms with E-state index in [2.05, 4.69) is 5.10 Å². The van der Waals surface area contributed by atoms with Crippen molar-refractivity contribution in [2.75, 3.05) is 6.61 Å². The molecule has 0 atom stereocenters. The van der Waals surface area contributed by atoms with Crippen LogP contribution < -0.4 is 0 Å². The fraction of sp³-hybridized carbons (Fsp3) is 0.375. The van der Waals surface area contributed by atoms with E-state index in [1.54, 1.807) is 6.92 Å². The minimum atomic E-state index is -5.97. The minimum Gasteiger partial charge on any atom is -0.461 e. The summed E-state index contributed by atoms with van der Waals surface area (Å²) in [6.45, 7) is 3.22. The maximum Gasteiger partial charge on any atom is 0.430 e. The maximum atomic E-state index is 12.9. The molecule has 148 valence electrons. The summed E-state index contributed by atoms with van der Waals surface area (Å²) < 4.78 is 83.3. The molecule has 0 aliphatic carbocycles. The third-order valence-electron chi connectivity index (χ3n) is 3.72. The zero-order valence-corrected chi connectivity index (χ0v) is 14.0. The number of hydrogen-bond donors (Lipinski definition) is 1. The summed E-state index contributed by atoms with van der Waals surface area (Å²) in [5.41, 5.74) is -5.97. The lowest BCUT2D eigenvalue weighted by molar-refractivity contribution is -0.376. The first kappa shape index (κ1) is 20.7. The fourth-order valence-corrected chi connectivity index (χ4v) is 2.37. The molecule has 0 radical (unpaired) electrons. The summed E-state index contributed by atoms with van der Waals surface area (Å²) in [4.78, 5) is 11.7.